The topological polar surface area (TPSA) is 73.3 Å². The van der Waals surface area contributed by atoms with Crippen molar-refractivity contribution in [3.05, 3.63) is 53.1 Å². The summed E-state index contributed by atoms with van der Waals surface area (Å²) in [6, 6.07) is 8.26. The Bertz CT molecular complexity index is 856. The van der Waals surface area contributed by atoms with Gasteiger partial charge in [-0.1, -0.05) is 12.1 Å². The maximum atomic E-state index is 13.0. The van der Waals surface area contributed by atoms with Gasteiger partial charge in [-0.3, -0.25) is 4.79 Å². The largest absolute Gasteiger partial charge is 0.494 e. The fraction of sp³-hybridized carbons (Fsp3) is 0.522. The van der Waals surface area contributed by atoms with Gasteiger partial charge in [-0.25, -0.2) is 9.97 Å². The van der Waals surface area contributed by atoms with E-state index in [9.17, 15) is 4.79 Å². The number of carbonyl (C=O) groups excluding carboxylic acids is 1. The molecular formula is C23H29N3O3. The minimum atomic E-state index is -0.135. The second-order valence-electron chi connectivity index (χ2n) is 8.02. The van der Waals surface area contributed by atoms with Crippen LogP contribution in [-0.4, -0.2) is 42.2 Å². The Labute approximate surface area is 172 Å². The number of aryl methyl sites for hydroxylation is 1. The van der Waals surface area contributed by atoms with E-state index < -0.39 is 0 Å². The summed E-state index contributed by atoms with van der Waals surface area (Å²) in [5.74, 6) is 1.91. The molecule has 1 aromatic heterocycles. The van der Waals surface area contributed by atoms with Crippen molar-refractivity contribution >= 4 is 5.91 Å². The van der Waals surface area contributed by atoms with Crippen LogP contribution in [0.3, 0.4) is 0 Å². The van der Waals surface area contributed by atoms with Crippen LogP contribution >= 0.6 is 0 Å². The standard InChI is InChI=1S/C23H29N3O3/c1-3-29-19-8-6-18(7-9-19)23(10-12-28-13-11-23)15-25-22(27)20-14-24-16(2)26-21(20)17-4-5-17/h6-9,14,17H,3-5,10-13,15H2,1-2H3,(H,25,27). The summed E-state index contributed by atoms with van der Waals surface area (Å²) < 4.78 is 11.2. The SMILES string of the molecule is CCOc1ccc(C2(CNC(=O)c3cnc(C)nc3C3CC3)CCOCC2)cc1. The Morgan fingerprint density at radius 1 is 1.24 bits per heavy atom. The molecule has 1 amide bonds. The molecule has 1 saturated heterocycles. The van der Waals surface area contributed by atoms with E-state index in [1.807, 2.05) is 26.0 Å². The van der Waals surface area contributed by atoms with Crippen molar-refractivity contribution in [1.29, 1.82) is 0 Å². The van der Waals surface area contributed by atoms with Gasteiger partial charge in [0.05, 0.1) is 17.9 Å². The van der Waals surface area contributed by atoms with Crippen molar-refractivity contribution in [2.24, 2.45) is 0 Å². The summed E-state index contributed by atoms with van der Waals surface area (Å²) in [6.07, 6.45) is 5.63. The molecule has 6 heteroatoms. The molecule has 1 aliphatic heterocycles. The van der Waals surface area contributed by atoms with Gasteiger partial charge in [0.25, 0.3) is 5.91 Å². The van der Waals surface area contributed by atoms with E-state index in [-0.39, 0.29) is 11.3 Å². The van der Waals surface area contributed by atoms with Crippen LogP contribution in [0.1, 0.15) is 66.0 Å². The molecule has 6 nitrogen and oxygen atoms in total. The van der Waals surface area contributed by atoms with Gasteiger partial charge in [-0.05, 0) is 57.2 Å². The summed E-state index contributed by atoms with van der Waals surface area (Å²) in [7, 11) is 0. The first-order chi connectivity index (χ1) is 14.1. The highest BCUT2D eigenvalue weighted by molar-refractivity contribution is 5.95. The molecule has 0 spiro atoms. The van der Waals surface area contributed by atoms with Crippen LogP contribution in [0.25, 0.3) is 0 Å². The number of aromatic nitrogens is 2. The van der Waals surface area contributed by atoms with Crippen molar-refractivity contribution in [2.45, 2.75) is 50.9 Å². The second kappa shape index (κ2) is 8.49. The summed E-state index contributed by atoms with van der Waals surface area (Å²) in [5, 5.41) is 3.18. The molecular weight excluding hydrogens is 366 g/mol. The molecule has 0 unspecified atom stereocenters. The lowest BCUT2D eigenvalue weighted by Gasteiger charge is -2.38. The van der Waals surface area contributed by atoms with E-state index in [4.69, 9.17) is 9.47 Å². The quantitative estimate of drug-likeness (QED) is 0.776. The second-order valence-corrected chi connectivity index (χ2v) is 8.02. The highest BCUT2D eigenvalue weighted by Gasteiger charge is 2.36. The van der Waals surface area contributed by atoms with Gasteiger partial charge in [0, 0.05) is 37.3 Å². The molecule has 0 atom stereocenters. The lowest BCUT2D eigenvalue weighted by molar-refractivity contribution is 0.0487. The molecule has 4 rings (SSSR count). The normalized spacial score (nSPS) is 18.3. The van der Waals surface area contributed by atoms with Crippen LogP contribution in [0.15, 0.2) is 30.5 Å². The number of hydrogen-bond donors (Lipinski definition) is 1. The van der Waals surface area contributed by atoms with Crippen LogP contribution in [0.5, 0.6) is 5.75 Å². The third-order valence-electron chi connectivity index (χ3n) is 5.96. The Kier molecular flexibility index (Phi) is 5.81. The highest BCUT2D eigenvalue weighted by Crippen LogP contribution is 2.40. The zero-order valence-electron chi connectivity index (χ0n) is 17.2. The van der Waals surface area contributed by atoms with Crippen molar-refractivity contribution in [2.75, 3.05) is 26.4 Å². The van der Waals surface area contributed by atoms with Crippen molar-refractivity contribution in [1.82, 2.24) is 15.3 Å². The van der Waals surface area contributed by atoms with Gasteiger partial charge in [0.2, 0.25) is 0 Å². The average Bonchev–Trinajstić information content (AvgIpc) is 3.59. The van der Waals surface area contributed by atoms with E-state index in [0.29, 0.717) is 37.8 Å². The molecule has 1 aromatic carbocycles. The summed E-state index contributed by atoms with van der Waals surface area (Å²) >= 11 is 0. The molecule has 29 heavy (non-hydrogen) atoms. The van der Waals surface area contributed by atoms with E-state index in [1.165, 1.54) is 5.56 Å². The van der Waals surface area contributed by atoms with Crippen molar-refractivity contribution in [3.63, 3.8) is 0 Å². The predicted molar refractivity (Wildman–Crippen MR) is 110 cm³/mol. The maximum absolute atomic E-state index is 13.0. The lowest BCUT2D eigenvalue weighted by Crippen LogP contribution is -2.44. The van der Waals surface area contributed by atoms with Gasteiger partial charge < -0.3 is 14.8 Å². The molecule has 2 fully saturated rings. The molecule has 0 bridgehead atoms. The lowest BCUT2D eigenvalue weighted by atomic mass is 9.74. The third kappa shape index (κ3) is 4.42. The van der Waals surface area contributed by atoms with E-state index >= 15 is 0 Å². The first kappa shape index (κ1) is 19.8. The molecule has 1 N–H and O–H groups in total. The molecule has 1 saturated carbocycles. The number of ether oxygens (including phenoxy) is 2. The maximum Gasteiger partial charge on any atom is 0.254 e. The Morgan fingerprint density at radius 2 is 1.97 bits per heavy atom. The van der Waals surface area contributed by atoms with Crippen LogP contribution in [0.4, 0.5) is 0 Å². The zero-order valence-corrected chi connectivity index (χ0v) is 17.2. The summed E-state index contributed by atoms with van der Waals surface area (Å²) in [6.45, 7) is 6.47. The molecule has 1 aliphatic carbocycles. The predicted octanol–water partition coefficient (Wildman–Crippen LogP) is 3.54. The van der Waals surface area contributed by atoms with Gasteiger partial charge in [0.15, 0.2) is 0 Å². The van der Waals surface area contributed by atoms with Crippen molar-refractivity contribution < 1.29 is 14.3 Å². The van der Waals surface area contributed by atoms with Crippen LogP contribution in [0.2, 0.25) is 0 Å². The van der Waals surface area contributed by atoms with Gasteiger partial charge in [-0.15, -0.1) is 0 Å². The number of amides is 1. The highest BCUT2D eigenvalue weighted by atomic mass is 16.5. The Balaban J connectivity index is 1.52. The van der Waals surface area contributed by atoms with Gasteiger partial charge in [0.1, 0.15) is 11.6 Å². The fourth-order valence-electron chi connectivity index (χ4n) is 4.08. The van der Waals surface area contributed by atoms with E-state index in [2.05, 4.69) is 27.4 Å². The smallest absolute Gasteiger partial charge is 0.254 e. The number of carbonyl (C=O) groups is 1. The number of nitrogens with zero attached hydrogens (tertiary/aromatic N) is 2. The number of rotatable bonds is 7. The monoisotopic (exact) mass is 395 g/mol. The average molecular weight is 396 g/mol. The van der Waals surface area contributed by atoms with Crippen LogP contribution in [-0.2, 0) is 10.2 Å². The Hall–Kier alpha value is -2.47. The summed E-state index contributed by atoms with van der Waals surface area (Å²) in [5.41, 5.74) is 2.60. The summed E-state index contributed by atoms with van der Waals surface area (Å²) in [4.78, 5) is 21.8. The Morgan fingerprint density at radius 3 is 2.62 bits per heavy atom. The number of nitrogens with one attached hydrogen (secondary N) is 1. The molecule has 2 aromatic rings. The molecule has 2 aliphatic rings. The third-order valence-corrected chi connectivity index (χ3v) is 5.96. The minimum absolute atomic E-state index is 0.0799. The first-order valence-corrected chi connectivity index (χ1v) is 10.5. The minimum Gasteiger partial charge on any atom is -0.494 e. The van der Waals surface area contributed by atoms with Crippen LogP contribution < -0.4 is 10.1 Å². The molecule has 0 radical (unpaired) electrons. The molecule has 154 valence electrons. The van der Waals surface area contributed by atoms with Gasteiger partial charge in [-0.2, -0.15) is 0 Å². The number of benzene rings is 1. The fourth-order valence-corrected chi connectivity index (χ4v) is 4.08. The van der Waals surface area contributed by atoms with E-state index in [1.54, 1.807) is 6.20 Å². The zero-order chi connectivity index (χ0) is 20.3. The molecule has 2 heterocycles. The number of hydrogen-bond acceptors (Lipinski definition) is 5. The van der Waals surface area contributed by atoms with E-state index in [0.717, 1.165) is 43.0 Å². The van der Waals surface area contributed by atoms with Gasteiger partial charge >= 0.3 is 0 Å². The van der Waals surface area contributed by atoms with Crippen molar-refractivity contribution in [3.8, 4) is 5.75 Å². The van der Waals surface area contributed by atoms with Crippen LogP contribution in [0, 0.1) is 6.92 Å². The first-order valence-electron chi connectivity index (χ1n) is 10.5.